The molecule has 0 aliphatic carbocycles. The first-order valence-corrected chi connectivity index (χ1v) is 45.4. The largest absolute Gasteiger partial charge is 0.486 e. The third kappa shape index (κ3) is 22.9. The Kier molecular flexibility index (Phi) is 30.1. The zero-order valence-corrected chi connectivity index (χ0v) is 74.2. The van der Waals surface area contributed by atoms with Gasteiger partial charge in [0, 0.05) is 187 Å². The number of nitrogens with zero attached hydrogens (tertiary/aromatic N) is 21. The van der Waals surface area contributed by atoms with Crippen LogP contribution in [0.4, 0.5) is 64.7 Å². The Labute approximate surface area is 778 Å². The van der Waals surface area contributed by atoms with E-state index in [4.69, 9.17) is 38.8 Å². The maximum atomic E-state index is 15.1. The molecule has 0 radical (unpaired) electrons. The minimum Gasteiger partial charge on any atom is -0.486 e. The lowest BCUT2D eigenvalue weighted by atomic mass is 10.0. The number of carbonyl (C=O) groups excluding carboxylic acids is 3. The molecule has 38 heteroatoms. The number of halogens is 3. The Morgan fingerprint density at radius 2 is 0.785 bits per heavy atom. The molecule has 10 aliphatic rings. The van der Waals surface area contributed by atoms with Gasteiger partial charge in [0.1, 0.15) is 77.6 Å². The highest BCUT2D eigenvalue weighted by atomic mass is 19.1. The number of piperidine rings is 3. The molecule has 0 saturated carbocycles. The van der Waals surface area contributed by atoms with Crippen molar-refractivity contribution in [1.29, 1.82) is 21.0 Å². The van der Waals surface area contributed by atoms with Crippen LogP contribution < -0.4 is 44.9 Å². The number of nitriles is 4. The van der Waals surface area contributed by atoms with Crippen molar-refractivity contribution in [3.8, 4) is 75.7 Å². The highest BCUT2D eigenvalue weighted by Crippen LogP contribution is 2.36. The number of aromatic nitrogens is 6. The average molecular weight is 1840 g/mol. The Morgan fingerprint density at radius 3 is 1.10 bits per heavy atom. The van der Waals surface area contributed by atoms with Gasteiger partial charge in [-0.2, -0.15) is 31.3 Å². The molecule has 35 nitrogen and oxygen atoms in total. The summed E-state index contributed by atoms with van der Waals surface area (Å²) in [5, 5.41) is 74.3. The zero-order chi connectivity index (χ0) is 93.3. The molecule has 0 spiro atoms. The number of aliphatic hydroxyl groups excluding tert-OH is 2. The van der Waals surface area contributed by atoms with Crippen LogP contribution in [0.5, 0.6) is 17.2 Å². The van der Waals surface area contributed by atoms with Crippen molar-refractivity contribution >= 4 is 69.3 Å². The van der Waals surface area contributed by atoms with Crippen LogP contribution in [-0.4, -0.2) is 319 Å². The number of benzene rings is 6. The summed E-state index contributed by atoms with van der Waals surface area (Å²) in [5.41, 5.74) is 9.23. The van der Waals surface area contributed by atoms with Crippen LogP contribution in [0.1, 0.15) is 42.4 Å². The number of alkyl halides is 3. The lowest BCUT2D eigenvalue weighted by Crippen LogP contribution is -2.56. The van der Waals surface area contributed by atoms with E-state index < -0.39 is 61.4 Å². The van der Waals surface area contributed by atoms with Gasteiger partial charge in [-0.05, 0) is 146 Å². The van der Waals surface area contributed by atoms with Crippen LogP contribution in [0.2, 0.25) is 0 Å². The smallest absolute Gasteiger partial charge is 0.253 e. The van der Waals surface area contributed by atoms with E-state index in [2.05, 4.69) is 140 Å². The molecular weight excluding hydrogens is 1730 g/mol. The topological polar surface area (TPSA) is 410 Å². The van der Waals surface area contributed by atoms with Crippen LogP contribution in [0.25, 0.3) is 34.2 Å². The molecule has 0 unspecified atom stereocenters. The maximum absolute atomic E-state index is 15.1. The van der Waals surface area contributed by atoms with Gasteiger partial charge in [-0.25, -0.2) is 43.1 Å². The number of rotatable bonds is 25. The van der Waals surface area contributed by atoms with E-state index in [0.29, 0.717) is 88.3 Å². The molecule has 9 fully saturated rings. The second kappa shape index (κ2) is 43.7. The van der Waals surface area contributed by atoms with Crippen molar-refractivity contribution in [3.63, 3.8) is 0 Å². The van der Waals surface area contributed by atoms with Gasteiger partial charge in [-0.15, -0.1) is 0 Å². The molecule has 7 atom stereocenters. The molecule has 0 bridgehead atoms. The lowest BCUT2D eigenvalue weighted by Gasteiger charge is -2.43. The number of nitrogens with one attached hydrogen (secondary N) is 3. The Balaban J connectivity index is 0.000000141. The number of anilines is 9. The summed E-state index contributed by atoms with van der Waals surface area (Å²) in [7, 11) is 0. The lowest BCUT2D eigenvalue weighted by molar-refractivity contribution is -0.146. The van der Waals surface area contributed by atoms with Crippen LogP contribution >= 0.6 is 0 Å². The molecule has 3 amide bonds. The number of piperazine rings is 3. The Hall–Kier alpha value is -14.1. The van der Waals surface area contributed by atoms with E-state index >= 15 is 4.39 Å². The molecule has 19 rings (SSSR count). The summed E-state index contributed by atoms with van der Waals surface area (Å²) >= 11 is 0. The SMILES string of the molecule is N#CCC(=O)N1CC[C@H](Oc2ccc(-c3nccc(Nc4ccc(N5CCN(C6COC6)CC5)cc4)n3)cc2C#N)[C@H](F)C1.N#Cc1cc(-c2nccc(Nc3ccc(N4CCN(C5COC5)CC4)cc3)n2)ccc1O[C@H]1CCN(C(=O)C2=CN=NC2)C[C@H]1F.N#Cc1cc(-c2nccc(Nc3ccc(N4CCN(C5COC5)CC4)cc3)n2)ccc1O[C@H]1CCN(C(=O)[C@@H](O)CO)C[C@H]1F. The van der Waals surface area contributed by atoms with Crippen molar-refractivity contribution in [2.45, 2.75) is 86.7 Å². The number of hydrogen-bond acceptors (Lipinski definition) is 32. The number of azo groups is 1. The molecule has 5 N–H and O–H groups in total. The van der Waals surface area contributed by atoms with Crippen molar-refractivity contribution in [2.75, 3.05) is 201 Å². The zero-order valence-electron chi connectivity index (χ0n) is 74.2. The van der Waals surface area contributed by atoms with Gasteiger partial charge in [0.2, 0.25) is 5.91 Å². The molecule has 135 heavy (non-hydrogen) atoms. The molecule has 10 aliphatic heterocycles. The first-order valence-electron chi connectivity index (χ1n) is 45.4. The molecule has 698 valence electrons. The monoisotopic (exact) mass is 1840 g/mol. The molecule has 13 heterocycles. The molecule has 6 aromatic carbocycles. The van der Waals surface area contributed by atoms with Gasteiger partial charge in [0.15, 0.2) is 42.1 Å². The number of carbonyl (C=O) groups is 3. The highest BCUT2D eigenvalue weighted by molar-refractivity contribution is 5.94. The Bertz CT molecular complexity index is 5890. The van der Waals surface area contributed by atoms with Gasteiger partial charge >= 0.3 is 0 Å². The maximum Gasteiger partial charge on any atom is 0.253 e. The van der Waals surface area contributed by atoms with E-state index in [0.717, 1.165) is 135 Å². The van der Waals surface area contributed by atoms with Crippen LogP contribution in [0.3, 0.4) is 0 Å². The van der Waals surface area contributed by atoms with Gasteiger partial charge in [0.05, 0.1) is 125 Å². The normalized spacial score (nSPS) is 21.3. The minimum atomic E-state index is -1.58. The third-order valence-corrected chi connectivity index (χ3v) is 25.6. The summed E-state index contributed by atoms with van der Waals surface area (Å²) in [5.74, 6) is 2.47. The fourth-order valence-electron chi connectivity index (χ4n) is 17.5. The fourth-order valence-corrected chi connectivity index (χ4v) is 17.5. The molecule has 3 aromatic heterocycles. The van der Waals surface area contributed by atoms with Crippen LogP contribution in [0, 0.1) is 45.3 Å². The van der Waals surface area contributed by atoms with E-state index in [1.807, 2.05) is 36.4 Å². The van der Waals surface area contributed by atoms with E-state index in [9.17, 15) is 44.1 Å². The summed E-state index contributed by atoms with van der Waals surface area (Å²) in [6.07, 6.45) is -1.59. The van der Waals surface area contributed by atoms with E-state index in [-0.39, 0.29) is 98.4 Å². The van der Waals surface area contributed by atoms with Crippen molar-refractivity contribution < 1.29 is 66.2 Å². The summed E-state index contributed by atoms with van der Waals surface area (Å²) in [4.78, 5) is 82.4. The van der Waals surface area contributed by atoms with Crippen LogP contribution in [0.15, 0.2) is 186 Å². The number of hydrogen-bond donors (Lipinski definition) is 5. The molecule has 9 saturated heterocycles. The van der Waals surface area contributed by atoms with Crippen molar-refractivity contribution in [1.82, 2.24) is 59.3 Å². The predicted octanol–water partition coefficient (Wildman–Crippen LogP) is 9.41. The van der Waals surface area contributed by atoms with Crippen molar-refractivity contribution in [3.05, 3.63) is 193 Å². The van der Waals surface area contributed by atoms with Gasteiger partial charge in [0.25, 0.3) is 11.8 Å². The van der Waals surface area contributed by atoms with Gasteiger partial charge in [-0.3, -0.25) is 29.1 Å². The Morgan fingerprint density at radius 1 is 0.444 bits per heavy atom. The average Bonchev–Trinajstić information content (AvgIpc) is 1.08. The quantitative estimate of drug-likeness (QED) is 0.0355. The van der Waals surface area contributed by atoms with Crippen molar-refractivity contribution in [2.24, 2.45) is 10.2 Å². The summed E-state index contributed by atoms with van der Waals surface area (Å²) < 4.78 is 78.6. The number of likely N-dealkylation sites (tertiary alicyclic amines) is 3. The summed E-state index contributed by atoms with van der Waals surface area (Å²) in [6, 6.07) is 55.0. The fraction of sp³-hybridized carbons (Fsp3) is 0.412. The second-order valence-corrected chi connectivity index (χ2v) is 34.3. The predicted molar refractivity (Wildman–Crippen MR) is 494 cm³/mol. The second-order valence-electron chi connectivity index (χ2n) is 34.3. The summed E-state index contributed by atoms with van der Waals surface area (Å²) in [6.45, 7) is 17.0. The molecular formula is C97H103F3N24O11. The standard InChI is InChI=1S/C33H34FN9O3.C32H33FN8O3.C32H36FN7O5/c34-28-19-43(33(44)24-17-37-38-18-24)10-8-30(28)46-29-6-1-22(15-23(29)16-35)32-36-9-7-31(40-32)39-25-2-4-26(5-3-25)41-11-13-42(14-12-41)27-20-45-21-27;33-27-19-41(31(42)7-10-34)12-9-29(27)44-28-6-1-22(17-23(28)18-35)32-36-11-8-30(38-32)37-24-2-4-25(5-3-24)39-13-15-40(16-14-39)26-20-43-21-26;33-26-17-40(32(43)27(42)18-41)10-8-29(26)45-28-6-1-21(15-22(28)16-34)31-35-9-7-30(37-31)36-23-2-4-24(5-3-23)38-11-13-39(14-12-38)25-19-44-20-25/h1-7,9,15,17,27-28,30H,8,10-14,18-21H2,(H,36,39,40);1-6,8,11,17,26-27,29H,7,9,12-16,19-21H2,(H,36,37,38);1-7,9,15,25-27,29,41-42H,8,10-14,17-20H2,(H,35,36,37)/t28-,30+;27-,29+;26-,27+,29+/m111/s1. The number of aliphatic hydroxyl groups is 2. The first kappa shape index (κ1) is 92.8. The van der Waals surface area contributed by atoms with Crippen LogP contribution in [-0.2, 0) is 28.6 Å². The van der Waals surface area contributed by atoms with Gasteiger partial charge in [-0.1, -0.05) is 0 Å². The third-order valence-electron chi connectivity index (χ3n) is 25.6. The highest BCUT2D eigenvalue weighted by Gasteiger charge is 2.40. The molecule has 9 aromatic rings. The minimum absolute atomic E-state index is 0.0925. The number of ether oxygens (including phenoxy) is 6. The number of amides is 3. The van der Waals surface area contributed by atoms with E-state index in [1.165, 1.54) is 38.0 Å². The first-order chi connectivity index (χ1) is 65.9. The van der Waals surface area contributed by atoms with Gasteiger partial charge < -0.3 is 84.0 Å². The van der Waals surface area contributed by atoms with E-state index in [1.54, 1.807) is 97.5 Å².